The van der Waals surface area contributed by atoms with Crippen LogP contribution in [0, 0.1) is 11.8 Å². The van der Waals surface area contributed by atoms with Crippen LogP contribution in [0.2, 0.25) is 0 Å². The number of rotatable bonds is 48. The van der Waals surface area contributed by atoms with Gasteiger partial charge in [0.1, 0.15) is 13.2 Å². The molecular formula is C54H104O6. The molecule has 0 amide bonds. The molecule has 1 unspecified atom stereocenters. The highest BCUT2D eigenvalue weighted by Crippen LogP contribution is 2.18. The van der Waals surface area contributed by atoms with Crippen molar-refractivity contribution in [1.82, 2.24) is 0 Å². The lowest BCUT2D eigenvalue weighted by molar-refractivity contribution is -0.167. The quantitative estimate of drug-likeness (QED) is 0.0345. The van der Waals surface area contributed by atoms with E-state index in [1.807, 2.05) is 0 Å². The third-order valence-electron chi connectivity index (χ3n) is 12.6. The molecule has 2 atom stereocenters. The molecule has 6 heteroatoms. The highest BCUT2D eigenvalue weighted by Gasteiger charge is 2.19. The first-order chi connectivity index (χ1) is 29.3. The molecule has 0 aromatic carbocycles. The molecule has 0 bridgehead atoms. The summed E-state index contributed by atoms with van der Waals surface area (Å²) in [6.07, 6.45) is 48.0. The predicted octanol–water partition coefficient (Wildman–Crippen LogP) is 17.3. The number of unbranched alkanes of at least 4 members (excludes halogenated alkanes) is 32. The summed E-state index contributed by atoms with van der Waals surface area (Å²) in [5.41, 5.74) is 0. The van der Waals surface area contributed by atoms with Crippen molar-refractivity contribution in [3.05, 3.63) is 0 Å². The number of carbonyl (C=O) groups excluding carboxylic acids is 3. The maximum atomic E-state index is 12.8. The Labute approximate surface area is 374 Å². The number of ether oxygens (including phenoxy) is 3. The maximum Gasteiger partial charge on any atom is 0.306 e. The zero-order chi connectivity index (χ0) is 44.0. The Morgan fingerprint density at radius 3 is 0.950 bits per heavy atom. The second-order valence-corrected chi connectivity index (χ2v) is 19.2. The lowest BCUT2D eigenvalue weighted by atomic mass is 9.99. The fraction of sp³-hybridized carbons (Fsp3) is 0.944. The monoisotopic (exact) mass is 849 g/mol. The topological polar surface area (TPSA) is 78.9 Å². The van der Waals surface area contributed by atoms with Crippen LogP contribution >= 0.6 is 0 Å². The van der Waals surface area contributed by atoms with Crippen LogP contribution in [-0.2, 0) is 28.6 Å². The van der Waals surface area contributed by atoms with Crippen molar-refractivity contribution in [3.8, 4) is 0 Å². The van der Waals surface area contributed by atoms with Crippen molar-refractivity contribution < 1.29 is 28.6 Å². The first-order valence-corrected chi connectivity index (χ1v) is 26.8. The number of hydrogen-bond acceptors (Lipinski definition) is 6. The smallest absolute Gasteiger partial charge is 0.306 e. The van der Waals surface area contributed by atoms with Crippen LogP contribution in [-0.4, -0.2) is 37.2 Å². The number of hydrogen-bond donors (Lipinski definition) is 0. The first kappa shape index (κ1) is 58.4. The lowest BCUT2D eigenvalue weighted by Crippen LogP contribution is -2.30. The highest BCUT2D eigenvalue weighted by atomic mass is 16.6. The van der Waals surface area contributed by atoms with Crippen molar-refractivity contribution in [2.24, 2.45) is 11.8 Å². The number of esters is 3. The molecule has 0 rings (SSSR count). The Bertz CT molecular complexity index is 918. The van der Waals surface area contributed by atoms with Crippen LogP contribution in [0.4, 0.5) is 0 Å². The molecule has 356 valence electrons. The SMILES string of the molecule is CCCCCCCCCCCC(=O)OC[C@H](COC(=O)CCCCCCCCCCCCCCCCC(C)CC)OC(=O)CCCCCCCCCCCCCCC(C)C. The molecule has 6 nitrogen and oxygen atoms in total. The Balaban J connectivity index is 4.24. The van der Waals surface area contributed by atoms with Crippen molar-refractivity contribution in [2.75, 3.05) is 13.2 Å². The summed E-state index contributed by atoms with van der Waals surface area (Å²) in [6.45, 7) is 11.4. The summed E-state index contributed by atoms with van der Waals surface area (Å²) in [7, 11) is 0. The second kappa shape index (κ2) is 46.9. The van der Waals surface area contributed by atoms with Gasteiger partial charge in [-0.2, -0.15) is 0 Å². The minimum absolute atomic E-state index is 0.0634. The van der Waals surface area contributed by atoms with E-state index in [9.17, 15) is 14.4 Å². The van der Waals surface area contributed by atoms with E-state index >= 15 is 0 Å². The average molecular weight is 849 g/mol. The first-order valence-electron chi connectivity index (χ1n) is 26.8. The molecule has 0 heterocycles. The lowest BCUT2D eigenvalue weighted by Gasteiger charge is -2.18. The Morgan fingerprint density at radius 2 is 0.633 bits per heavy atom. The Hall–Kier alpha value is -1.59. The molecule has 0 radical (unpaired) electrons. The van der Waals surface area contributed by atoms with Crippen LogP contribution < -0.4 is 0 Å². The van der Waals surface area contributed by atoms with Gasteiger partial charge in [-0.05, 0) is 31.1 Å². The molecule has 0 saturated heterocycles. The van der Waals surface area contributed by atoms with E-state index < -0.39 is 6.10 Å². The van der Waals surface area contributed by atoms with Gasteiger partial charge < -0.3 is 14.2 Å². The molecule has 0 aromatic rings. The third kappa shape index (κ3) is 45.9. The van der Waals surface area contributed by atoms with E-state index in [4.69, 9.17) is 14.2 Å². The molecule has 0 saturated carbocycles. The van der Waals surface area contributed by atoms with Crippen molar-refractivity contribution in [1.29, 1.82) is 0 Å². The minimum atomic E-state index is -0.761. The van der Waals surface area contributed by atoms with Gasteiger partial charge in [-0.15, -0.1) is 0 Å². The van der Waals surface area contributed by atoms with Gasteiger partial charge in [-0.3, -0.25) is 14.4 Å². The van der Waals surface area contributed by atoms with E-state index in [1.54, 1.807) is 0 Å². The fourth-order valence-electron chi connectivity index (χ4n) is 8.13. The summed E-state index contributed by atoms with van der Waals surface area (Å²) in [4.78, 5) is 37.9. The molecule has 0 spiro atoms. The standard InChI is InChI=1S/C54H104O6/c1-6-8-9-10-11-22-29-34-39-44-52(55)58-47-51(60-54(57)46-41-36-31-26-21-17-16-18-23-27-32-37-42-49(3)4)48-59-53(56)45-40-35-30-25-20-15-13-12-14-19-24-28-33-38-43-50(5)7-2/h49-51H,6-48H2,1-5H3/t50?,51-/m1/s1. The van der Waals surface area contributed by atoms with E-state index in [1.165, 1.54) is 186 Å². The average Bonchev–Trinajstić information content (AvgIpc) is 3.23. The molecule has 0 aromatic heterocycles. The zero-order valence-electron chi connectivity index (χ0n) is 41.1. The summed E-state index contributed by atoms with van der Waals surface area (Å²) >= 11 is 0. The molecule has 0 N–H and O–H groups in total. The Morgan fingerprint density at radius 1 is 0.350 bits per heavy atom. The van der Waals surface area contributed by atoms with Crippen LogP contribution in [0.3, 0.4) is 0 Å². The third-order valence-corrected chi connectivity index (χ3v) is 12.6. The highest BCUT2D eigenvalue weighted by molar-refractivity contribution is 5.71. The molecule has 0 fully saturated rings. The summed E-state index contributed by atoms with van der Waals surface area (Å²) in [5.74, 6) is 0.880. The minimum Gasteiger partial charge on any atom is -0.462 e. The van der Waals surface area contributed by atoms with Gasteiger partial charge in [0, 0.05) is 19.3 Å². The zero-order valence-corrected chi connectivity index (χ0v) is 41.1. The van der Waals surface area contributed by atoms with Crippen LogP contribution in [0.15, 0.2) is 0 Å². The van der Waals surface area contributed by atoms with Gasteiger partial charge in [0.15, 0.2) is 6.10 Å². The van der Waals surface area contributed by atoms with Gasteiger partial charge in [0.2, 0.25) is 0 Å². The molecule has 0 aliphatic heterocycles. The van der Waals surface area contributed by atoms with Crippen LogP contribution in [0.5, 0.6) is 0 Å². The van der Waals surface area contributed by atoms with E-state index in [0.717, 1.165) is 69.6 Å². The molecule has 0 aliphatic rings. The van der Waals surface area contributed by atoms with E-state index in [2.05, 4.69) is 34.6 Å². The molecule has 0 aliphatic carbocycles. The summed E-state index contributed by atoms with van der Waals surface area (Å²) in [5, 5.41) is 0. The van der Waals surface area contributed by atoms with E-state index in [0.29, 0.717) is 19.3 Å². The predicted molar refractivity (Wildman–Crippen MR) is 256 cm³/mol. The van der Waals surface area contributed by atoms with Crippen LogP contribution in [0.25, 0.3) is 0 Å². The summed E-state index contributed by atoms with van der Waals surface area (Å²) in [6, 6.07) is 0. The summed E-state index contributed by atoms with van der Waals surface area (Å²) < 4.78 is 16.8. The van der Waals surface area contributed by atoms with Gasteiger partial charge in [0.05, 0.1) is 0 Å². The van der Waals surface area contributed by atoms with Gasteiger partial charge in [-0.25, -0.2) is 0 Å². The van der Waals surface area contributed by atoms with Gasteiger partial charge in [-0.1, -0.05) is 259 Å². The molecular weight excluding hydrogens is 745 g/mol. The second-order valence-electron chi connectivity index (χ2n) is 19.2. The fourth-order valence-corrected chi connectivity index (χ4v) is 8.13. The maximum absolute atomic E-state index is 12.8. The van der Waals surface area contributed by atoms with E-state index in [-0.39, 0.29) is 31.1 Å². The normalized spacial score (nSPS) is 12.5. The van der Waals surface area contributed by atoms with Crippen LogP contribution in [0.1, 0.15) is 298 Å². The van der Waals surface area contributed by atoms with Gasteiger partial charge in [0.25, 0.3) is 0 Å². The molecule has 60 heavy (non-hydrogen) atoms. The van der Waals surface area contributed by atoms with Crippen molar-refractivity contribution >= 4 is 17.9 Å². The Kier molecular flexibility index (Phi) is 45.7. The van der Waals surface area contributed by atoms with Crippen molar-refractivity contribution in [3.63, 3.8) is 0 Å². The van der Waals surface area contributed by atoms with Crippen molar-refractivity contribution in [2.45, 2.75) is 304 Å². The number of carbonyl (C=O) groups is 3. The largest absolute Gasteiger partial charge is 0.462 e. The van der Waals surface area contributed by atoms with Gasteiger partial charge >= 0.3 is 17.9 Å².